The van der Waals surface area contributed by atoms with Crippen molar-refractivity contribution >= 4 is 0 Å². The van der Waals surface area contributed by atoms with Gasteiger partial charge in [0.25, 0.3) is 0 Å². The summed E-state index contributed by atoms with van der Waals surface area (Å²) >= 11 is 0. The first-order valence-electron chi connectivity index (χ1n) is 7.26. The summed E-state index contributed by atoms with van der Waals surface area (Å²) in [4.78, 5) is 1.71. The number of nitriles is 1. The fourth-order valence-electron chi connectivity index (χ4n) is 3.26. The molecule has 1 atom stereocenters. The lowest BCUT2D eigenvalue weighted by atomic mass is 9.79. The summed E-state index contributed by atoms with van der Waals surface area (Å²) in [5.41, 5.74) is 0.515. The van der Waals surface area contributed by atoms with Gasteiger partial charge in [-0.15, -0.1) is 0 Å². The molecule has 0 aromatic heterocycles. The van der Waals surface area contributed by atoms with Gasteiger partial charge in [-0.2, -0.15) is 5.26 Å². The van der Waals surface area contributed by atoms with E-state index in [1.165, 1.54) is 0 Å². The van der Waals surface area contributed by atoms with Crippen LogP contribution in [0.15, 0.2) is 60.7 Å². The highest BCUT2D eigenvalue weighted by molar-refractivity contribution is 5.38. The standard InChI is InChI=1S/C18H18N2O/c19-14-20-13-7-12-17(20)18(21,15-8-3-1-4-9-15)16-10-5-2-6-11-16/h1-6,8-11,17,21H,7,12-13H2. The van der Waals surface area contributed by atoms with Crippen molar-refractivity contribution in [3.8, 4) is 6.19 Å². The van der Waals surface area contributed by atoms with Crippen molar-refractivity contribution in [2.75, 3.05) is 6.54 Å². The van der Waals surface area contributed by atoms with Gasteiger partial charge in [-0.05, 0) is 24.0 Å². The van der Waals surface area contributed by atoms with E-state index in [0.717, 1.165) is 24.0 Å². The minimum atomic E-state index is -1.16. The van der Waals surface area contributed by atoms with Crippen molar-refractivity contribution in [1.29, 1.82) is 5.26 Å². The van der Waals surface area contributed by atoms with Gasteiger partial charge in [-0.25, -0.2) is 0 Å². The molecule has 0 amide bonds. The fourth-order valence-corrected chi connectivity index (χ4v) is 3.26. The maximum Gasteiger partial charge on any atom is 0.179 e. The Morgan fingerprint density at radius 3 is 2.00 bits per heavy atom. The summed E-state index contributed by atoms with van der Waals surface area (Å²) in [5, 5.41) is 20.9. The predicted octanol–water partition coefficient (Wildman–Crippen LogP) is 2.87. The third-order valence-corrected chi connectivity index (χ3v) is 4.29. The van der Waals surface area contributed by atoms with Crippen LogP contribution in [0.3, 0.4) is 0 Å². The predicted molar refractivity (Wildman–Crippen MR) is 81.2 cm³/mol. The Hall–Kier alpha value is -2.31. The highest BCUT2D eigenvalue weighted by atomic mass is 16.3. The molecule has 0 aliphatic carbocycles. The monoisotopic (exact) mass is 278 g/mol. The van der Waals surface area contributed by atoms with E-state index < -0.39 is 5.60 Å². The maximum atomic E-state index is 11.6. The van der Waals surface area contributed by atoms with Crippen LogP contribution in [-0.2, 0) is 5.60 Å². The number of nitrogens with zero attached hydrogens (tertiary/aromatic N) is 2. The molecule has 3 heteroatoms. The molecule has 3 rings (SSSR count). The first kappa shape index (κ1) is 13.7. The van der Waals surface area contributed by atoms with E-state index in [1.54, 1.807) is 4.90 Å². The van der Waals surface area contributed by atoms with Gasteiger partial charge in [0.1, 0.15) is 5.60 Å². The summed E-state index contributed by atoms with van der Waals surface area (Å²) in [5.74, 6) is 0. The van der Waals surface area contributed by atoms with E-state index in [1.807, 2.05) is 60.7 Å². The van der Waals surface area contributed by atoms with Gasteiger partial charge in [0.05, 0.1) is 6.04 Å². The second-order valence-electron chi connectivity index (χ2n) is 5.45. The second kappa shape index (κ2) is 5.59. The van der Waals surface area contributed by atoms with E-state index >= 15 is 0 Å². The third-order valence-electron chi connectivity index (χ3n) is 4.29. The van der Waals surface area contributed by atoms with Crippen LogP contribution >= 0.6 is 0 Å². The molecule has 1 fully saturated rings. The quantitative estimate of drug-likeness (QED) is 0.878. The smallest absolute Gasteiger partial charge is 0.179 e. The van der Waals surface area contributed by atoms with Crippen molar-refractivity contribution in [2.24, 2.45) is 0 Å². The Bertz CT molecular complexity index is 594. The molecule has 0 saturated carbocycles. The summed E-state index contributed by atoms with van der Waals surface area (Å²) in [6.07, 6.45) is 3.98. The van der Waals surface area contributed by atoms with Crippen LogP contribution in [0.5, 0.6) is 0 Å². The SMILES string of the molecule is N#CN1CCCC1C(O)(c1ccccc1)c1ccccc1. The lowest BCUT2D eigenvalue weighted by Crippen LogP contribution is -2.46. The molecule has 21 heavy (non-hydrogen) atoms. The summed E-state index contributed by atoms with van der Waals surface area (Å²) < 4.78 is 0. The van der Waals surface area contributed by atoms with Crippen molar-refractivity contribution in [3.05, 3.63) is 71.8 Å². The van der Waals surface area contributed by atoms with Crippen LogP contribution in [0, 0.1) is 11.5 Å². The maximum absolute atomic E-state index is 11.6. The number of hydrogen-bond donors (Lipinski definition) is 1. The second-order valence-corrected chi connectivity index (χ2v) is 5.45. The first-order chi connectivity index (χ1) is 10.3. The zero-order valence-corrected chi connectivity index (χ0v) is 11.8. The lowest BCUT2D eigenvalue weighted by molar-refractivity contribution is 0.0133. The summed E-state index contributed by atoms with van der Waals surface area (Å²) in [6, 6.07) is 19.1. The van der Waals surface area contributed by atoms with Gasteiger partial charge in [0, 0.05) is 6.54 Å². The van der Waals surface area contributed by atoms with Crippen molar-refractivity contribution in [2.45, 2.75) is 24.5 Å². The highest BCUT2D eigenvalue weighted by Gasteiger charge is 2.45. The minimum Gasteiger partial charge on any atom is -0.378 e. The number of likely N-dealkylation sites (tertiary alicyclic amines) is 1. The Labute approximate surface area is 125 Å². The highest BCUT2D eigenvalue weighted by Crippen LogP contribution is 2.39. The molecule has 1 N–H and O–H groups in total. The Balaban J connectivity index is 2.14. The average Bonchev–Trinajstić information content (AvgIpc) is 3.05. The molecule has 2 aromatic carbocycles. The van der Waals surface area contributed by atoms with E-state index in [0.29, 0.717) is 6.54 Å². The van der Waals surface area contributed by atoms with Crippen LogP contribution in [0.1, 0.15) is 24.0 Å². The normalized spacial score (nSPS) is 18.5. The number of hydrogen-bond acceptors (Lipinski definition) is 3. The van der Waals surface area contributed by atoms with Crippen LogP contribution in [-0.4, -0.2) is 22.6 Å². The van der Waals surface area contributed by atoms with Crippen LogP contribution in [0.4, 0.5) is 0 Å². The Morgan fingerprint density at radius 1 is 1.00 bits per heavy atom. The van der Waals surface area contributed by atoms with Gasteiger partial charge >= 0.3 is 0 Å². The van der Waals surface area contributed by atoms with E-state index in [2.05, 4.69) is 6.19 Å². The van der Waals surface area contributed by atoms with Gasteiger partial charge in [0.15, 0.2) is 6.19 Å². The Kier molecular flexibility index (Phi) is 3.64. The van der Waals surface area contributed by atoms with Gasteiger partial charge in [-0.1, -0.05) is 60.7 Å². The van der Waals surface area contributed by atoms with E-state index in [9.17, 15) is 10.4 Å². The third kappa shape index (κ3) is 2.28. The zero-order valence-electron chi connectivity index (χ0n) is 11.8. The topological polar surface area (TPSA) is 47.3 Å². The van der Waals surface area contributed by atoms with E-state index in [4.69, 9.17) is 0 Å². The number of aliphatic hydroxyl groups is 1. The van der Waals surface area contributed by atoms with Crippen LogP contribution < -0.4 is 0 Å². The first-order valence-corrected chi connectivity index (χ1v) is 7.26. The van der Waals surface area contributed by atoms with Gasteiger partial charge in [-0.3, -0.25) is 0 Å². The molecule has 1 aliphatic rings. The average molecular weight is 278 g/mol. The molecule has 3 nitrogen and oxygen atoms in total. The molecular formula is C18H18N2O. The molecule has 1 aliphatic heterocycles. The molecule has 1 heterocycles. The van der Waals surface area contributed by atoms with Crippen molar-refractivity contribution in [1.82, 2.24) is 4.90 Å². The number of benzene rings is 2. The lowest BCUT2D eigenvalue weighted by Gasteiger charge is -2.38. The molecular weight excluding hydrogens is 260 g/mol. The van der Waals surface area contributed by atoms with Crippen LogP contribution in [0.2, 0.25) is 0 Å². The largest absolute Gasteiger partial charge is 0.378 e. The number of rotatable bonds is 3. The fraction of sp³-hybridized carbons (Fsp3) is 0.278. The van der Waals surface area contributed by atoms with Gasteiger partial charge < -0.3 is 10.0 Å². The molecule has 0 radical (unpaired) electrons. The summed E-state index contributed by atoms with van der Waals surface area (Å²) in [7, 11) is 0. The Morgan fingerprint density at radius 2 is 1.52 bits per heavy atom. The summed E-state index contributed by atoms with van der Waals surface area (Å²) in [6.45, 7) is 0.711. The zero-order chi connectivity index (χ0) is 14.7. The minimum absolute atomic E-state index is 0.215. The molecule has 2 aromatic rings. The molecule has 106 valence electrons. The van der Waals surface area contributed by atoms with Crippen LogP contribution in [0.25, 0.3) is 0 Å². The van der Waals surface area contributed by atoms with E-state index in [-0.39, 0.29) is 6.04 Å². The molecule has 1 unspecified atom stereocenters. The van der Waals surface area contributed by atoms with Crippen molar-refractivity contribution in [3.63, 3.8) is 0 Å². The molecule has 0 bridgehead atoms. The van der Waals surface area contributed by atoms with Gasteiger partial charge in [0.2, 0.25) is 0 Å². The van der Waals surface area contributed by atoms with Crippen molar-refractivity contribution < 1.29 is 5.11 Å². The molecule has 0 spiro atoms. The molecule has 1 saturated heterocycles.